The Bertz CT molecular complexity index is 699. The van der Waals surface area contributed by atoms with Crippen LogP contribution in [0.1, 0.15) is 15.9 Å². The zero-order valence-electron chi connectivity index (χ0n) is 13.1. The molecular formula is C17H17Cl2NO3. The second-order valence-electron chi connectivity index (χ2n) is 5.00. The van der Waals surface area contributed by atoms with E-state index >= 15 is 0 Å². The standard InChI is InChI=1S/C17H17Cl2NO3/c1-20(17(21)12-6-13(18)8-14(19)7-12)10-11-4-5-15(22-2)9-16(11)23-3/h4-9H,10H2,1-3H3. The van der Waals surface area contributed by atoms with Gasteiger partial charge in [-0.05, 0) is 30.3 Å². The molecular weight excluding hydrogens is 337 g/mol. The lowest BCUT2D eigenvalue weighted by molar-refractivity contribution is 0.0784. The zero-order valence-corrected chi connectivity index (χ0v) is 14.6. The first kappa shape index (κ1) is 17.4. The number of carbonyl (C=O) groups is 1. The minimum atomic E-state index is -0.174. The third-order valence-corrected chi connectivity index (χ3v) is 3.79. The molecule has 2 aromatic rings. The van der Waals surface area contributed by atoms with Crippen molar-refractivity contribution in [1.29, 1.82) is 0 Å². The van der Waals surface area contributed by atoms with Gasteiger partial charge in [0.1, 0.15) is 11.5 Å². The molecule has 0 radical (unpaired) electrons. The minimum Gasteiger partial charge on any atom is -0.497 e. The molecule has 0 N–H and O–H groups in total. The van der Waals surface area contributed by atoms with Crippen LogP contribution in [0.5, 0.6) is 11.5 Å². The minimum absolute atomic E-state index is 0.174. The predicted molar refractivity (Wildman–Crippen MR) is 91.8 cm³/mol. The highest BCUT2D eigenvalue weighted by Gasteiger charge is 2.15. The lowest BCUT2D eigenvalue weighted by Gasteiger charge is -2.19. The molecule has 2 aromatic carbocycles. The maximum absolute atomic E-state index is 12.5. The number of benzene rings is 2. The summed E-state index contributed by atoms with van der Waals surface area (Å²) >= 11 is 11.9. The predicted octanol–water partition coefficient (Wildman–Crippen LogP) is 4.28. The van der Waals surface area contributed by atoms with E-state index in [-0.39, 0.29) is 5.91 Å². The molecule has 0 bridgehead atoms. The van der Waals surface area contributed by atoms with Crippen molar-refractivity contribution in [2.75, 3.05) is 21.3 Å². The van der Waals surface area contributed by atoms with Crippen LogP contribution < -0.4 is 9.47 Å². The smallest absolute Gasteiger partial charge is 0.254 e. The molecule has 4 nitrogen and oxygen atoms in total. The molecule has 0 heterocycles. The fourth-order valence-electron chi connectivity index (χ4n) is 2.21. The number of rotatable bonds is 5. The molecule has 2 rings (SSSR count). The molecule has 0 unspecified atom stereocenters. The Hall–Kier alpha value is -1.91. The van der Waals surface area contributed by atoms with Crippen molar-refractivity contribution < 1.29 is 14.3 Å². The van der Waals surface area contributed by atoms with E-state index in [4.69, 9.17) is 32.7 Å². The van der Waals surface area contributed by atoms with Gasteiger partial charge in [-0.15, -0.1) is 0 Å². The van der Waals surface area contributed by atoms with Crippen LogP contribution in [0.2, 0.25) is 10.0 Å². The number of amides is 1. The first-order valence-electron chi connectivity index (χ1n) is 6.87. The van der Waals surface area contributed by atoms with E-state index in [1.165, 1.54) is 0 Å². The summed E-state index contributed by atoms with van der Waals surface area (Å²) in [6.45, 7) is 0.385. The quantitative estimate of drug-likeness (QED) is 0.804. The van der Waals surface area contributed by atoms with Gasteiger partial charge in [-0.3, -0.25) is 4.79 Å². The Morgan fingerprint density at radius 3 is 2.26 bits per heavy atom. The summed E-state index contributed by atoms with van der Waals surface area (Å²) in [6.07, 6.45) is 0. The monoisotopic (exact) mass is 353 g/mol. The van der Waals surface area contributed by atoms with E-state index < -0.39 is 0 Å². The van der Waals surface area contributed by atoms with Crippen LogP contribution >= 0.6 is 23.2 Å². The summed E-state index contributed by atoms with van der Waals surface area (Å²) in [7, 11) is 4.88. The topological polar surface area (TPSA) is 38.8 Å². The van der Waals surface area contributed by atoms with Crippen molar-refractivity contribution in [3.8, 4) is 11.5 Å². The second kappa shape index (κ2) is 7.57. The lowest BCUT2D eigenvalue weighted by Crippen LogP contribution is -2.26. The van der Waals surface area contributed by atoms with Gasteiger partial charge in [-0.25, -0.2) is 0 Å². The number of hydrogen-bond donors (Lipinski definition) is 0. The molecule has 0 aromatic heterocycles. The summed E-state index contributed by atoms with van der Waals surface area (Å²) in [4.78, 5) is 14.1. The van der Waals surface area contributed by atoms with Gasteiger partial charge in [0.05, 0.1) is 14.2 Å². The van der Waals surface area contributed by atoms with Crippen LogP contribution in [0.15, 0.2) is 36.4 Å². The van der Waals surface area contributed by atoms with Gasteiger partial charge in [0.25, 0.3) is 5.91 Å². The molecule has 0 aliphatic carbocycles. The van der Waals surface area contributed by atoms with E-state index in [0.29, 0.717) is 33.7 Å². The van der Waals surface area contributed by atoms with Crippen molar-refractivity contribution in [3.05, 3.63) is 57.6 Å². The number of nitrogens with zero attached hydrogens (tertiary/aromatic N) is 1. The van der Waals surface area contributed by atoms with Crippen LogP contribution in [0.4, 0.5) is 0 Å². The van der Waals surface area contributed by atoms with Crippen LogP contribution in [0.25, 0.3) is 0 Å². The Labute approximate surface area is 145 Å². The van der Waals surface area contributed by atoms with Gasteiger partial charge in [0.2, 0.25) is 0 Å². The third kappa shape index (κ3) is 4.30. The van der Waals surface area contributed by atoms with E-state index in [9.17, 15) is 4.79 Å². The average Bonchev–Trinajstić information content (AvgIpc) is 2.53. The van der Waals surface area contributed by atoms with Gasteiger partial charge in [0.15, 0.2) is 0 Å². The SMILES string of the molecule is COc1ccc(CN(C)C(=O)c2cc(Cl)cc(Cl)c2)c(OC)c1. The van der Waals surface area contributed by atoms with Gasteiger partial charge < -0.3 is 14.4 Å². The lowest BCUT2D eigenvalue weighted by atomic mass is 10.1. The molecule has 0 aliphatic rings. The van der Waals surface area contributed by atoms with E-state index in [1.807, 2.05) is 12.1 Å². The normalized spacial score (nSPS) is 10.3. The largest absolute Gasteiger partial charge is 0.497 e. The van der Waals surface area contributed by atoms with Gasteiger partial charge in [-0.1, -0.05) is 23.2 Å². The Kier molecular flexibility index (Phi) is 5.74. The Morgan fingerprint density at radius 1 is 1.04 bits per heavy atom. The maximum atomic E-state index is 12.5. The maximum Gasteiger partial charge on any atom is 0.254 e. The van der Waals surface area contributed by atoms with Crippen molar-refractivity contribution in [3.63, 3.8) is 0 Å². The molecule has 23 heavy (non-hydrogen) atoms. The summed E-state index contributed by atoms with van der Waals surface area (Å²) in [5, 5.41) is 0.854. The van der Waals surface area contributed by atoms with Crippen LogP contribution in [-0.2, 0) is 6.54 Å². The number of methoxy groups -OCH3 is 2. The molecule has 0 saturated heterocycles. The fraction of sp³-hybridized carbons (Fsp3) is 0.235. The van der Waals surface area contributed by atoms with Gasteiger partial charge >= 0.3 is 0 Å². The van der Waals surface area contributed by atoms with Crippen LogP contribution in [0.3, 0.4) is 0 Å². The average molecular weight is 354 g/mol. The first-order valence-corrected chi connectivity index (χ1v) is 7.62. The van der Waals surface area contributed by atoms with Crippen LogP contribution in [-0.4, -0.2) is 32.1 Å². The summed E-state index contributed by atoms with van der Waals surface area (Å²) in [5.74, 6) is 1.18. The molecule has 0 aliphatic heterocycles. The molecule has 6 heteroatoms. The third-order valence-electron chi connectivity index (χ3n) is 3.36. The molecule has 0 saturated carbocycles. The molecule has 1 amide bonds. The van der Waals surface area contributed by atoms with Gasteiger partial charge in [0, 0.05) is 40.8 Å². The summed E-state index contributed by atoms with van der Waals surface area (Å²) < 4.78 is 10.5. The van der Waals surface area contributed by atoms with Crippen molar-refractivity contribution >= 4 is 29.1 Å². The number of hydrogen-bond acceptors (Lipinski definition) is 3. The number of carbonyl (C=O) groups excluding carboxylic acids is 1. The van der Waals surface area contributed by atoms with Crippen molar-refractivity contribution in [1.82, 2.24) is 4.90 Å². The van der Waals surface area contributed by atoms with E-state index in [2.05, 4.69) is 0 Å². The second-order valence-corrected chi connectivity index (χ2v) is 5.87. The van der Waals surface area contributed by atoms with Gasteiger partial charge in [-0.2, -0.15) is 0 Å². The summed E-state index contributed by atoms with van der Waals surface area (Å²) in [6, 6.07) is 10.3. The highest BCUT2D eigenvalue weighted by Crippen LogP contribution is 2.26. The highest BCUT2D eigenvalue weighted by atomic mass is 35.5. The summed E-state index contributed by atoms with van der Waals surface area (Å²) in [5.41, 5.74) is 1.31. The molecule has 0 atom stereocenters. The van der Waals surface area contributed by atoms with E-state index in [1.54, 1.807) is 50.4 Å². The number of ether oxygens (including phenoxy) is 2. The Balaban J connectivity index is 2.21. The molecule has 0 spiro atoms. The van der Waals surface area contributed by atoms with Crippen molar-refractivity contribution in [2.24, 2.45) is 0 Å². The Morgan fingerprint density at radius 2 is 1.70 bits per heavy atom. The fourth-order valence-corrected chi connectivity index (χ4v) is 2.73. The van der Waals surface area contributed by atoms with E-state index in [0.717, 1.165) is 5.56 Å². The number of halogens is 2. The van der Waals surface area contributed by atoms with Crippen molar-refractivity contribution in [2.45, 2.75) is 6.54 Å². The zero-order chi connectivity index (χ0) is 17.0. The van der Waals surface area contributed by atoms with Crippen LogP contribution in [0, 0.1) is 0 Å². The molecule has 122 valence electrons. The highest BCUT2D eigenvalue weighted by molar-refractivity contribution is 6.35. The molecule has 0 fully saturated rings. The first-order chi connectivity index (χ1) is 10.9.